The molecule has 2 rings (SSSR count). The molecule has 116 valence electrons. The number of nitrogens with one attached hydrogen (secondary N) is 1. The molecule has 1 atom stereocenters. The van der Waals surface area contributed by atoms with E-state index in [2.05, 4.69) is 21.2 Å². The van der Waals surface area contributed by atoms with Crippen molar-refractivity contribution in [3.05, 3.63) is 22.7 Å². The van der Waals surface area contributed by atoms with Gasteiger partial charge in [0.25, 0.3) is 0 Å². The van der Waals surface area contributed by atoms with E-state index in [0.717, 1.165) is 0 Å². The Kier molecular flexibility index (Phi) is 4.90. The van der Waals surface area contributed by atoms with Crippen LogP contribution in [0.2, 0.25) is 0 Å². The minimum Gasteiger partial charge on any atom is -0.496 e. The largest absolute Gasteiger partial charge is 0.496 e. The number of nitrogens with zero attached hydrogens (tertiary/aromatic N) is 1. The molecule has 6 nitrogen and oxygen atoms in total. The van der Waals surface area contributed by atoms with E-state index in [1.807, 2.05) is 0 Å². The Bertz CT molecular complexity index is 648. The molecule has 1 aromatic carbocycles. The van der Waals surface area contributed by atoms with E-state index in [0.29, 0.717) is 29.7 Å². The number of hydrogen-bond acceptors (Lipinski definition) is 4. The van der Waals surface area contributed by atoms with Gasteiger partial charge in [0.1, 0.15) is 5.75 Å². The van der Waals surface area contributed by atoms with Crippen molar-refractivity contribution in [3.8, 4) is 5.75 Å². The highest BCUT2D eigenvalue weighted by Gasteiger charge is 2.33. The zero-order chi connectivity index (χ0) is 15.6. The summed E-state index contributed by atoms with van der Waals surface area (Å²) in [5.41, 5.74) is 0. The van der Waals surface area contributed by atoms with E-state index in [1.165, 1.54) is 30.5 Å². The fraction of sp³-hybridized carbons (Fsp3) is 0.462. The van der Waals surface area contributed by atoms with Crippen molar-refractivity contribution in [1.82, 2.24) is 9.62 Å². The summed E-state index contributed by atoms with van der Waals surface area (Å²) in [6.45, 7) is 2.13. The highest BCUT2D eigenvalue weighted by atomic mass is 79.9. The SMILES string of the molecule is COc1ccc(S(=O)(=O)N2CCC(NC(C)=O)C2)cc1Br. The summed E-state index contributed by atoms with van der Waals surface area (Å²) in [4.78, 5) is 11.2. The van der Waals surface area contributed by atoms with Crippen LogP contribution in [0, 0.1) is 0 Å². The first kappa shape index (κ1) is 16.3. The van der Waals surface area contributed by atoms with E-state index in [9.17, 15) is 13.2 Å². The highest BCUT2D eigenvalue weighted by molar-refractivity contribution is 9.10. The lowest BCUT2D eigenvalue weighted by Crippen LogP contribution is -2.37. The molecule has 21 heavy (non-hydrogen) atoms. The zero-order valence-electron chi connectivity index (χ0n) is 11.8. The van der Waals surface area contributed by atoms with Gasteiger partial charge in [-0.25, -0.2) is 8.42 Å². The molecule has 0 bridgehead atoms. The number of carbonyl (C=O) groups excluding carboxylic acids is 1. The molecule has 0 radical (unpaired) electrons. The van der Waals surface area contributed by atoms with Gasteiger partial charge >= 0.3 is 0 Å². The molecule has 1 amide bonds. The molecule has 1 aliphatic rings. The maximum Gasteiger partial charge on any atom is 0.243 e. The van der Waals surface area contributed by atoms with Crippen LogP contribution in [0.1, 0.15) is 13.3 Å². The van der Waals surface area contributed by atoms with Gasteiger partial charge in [0.05, 0.1) is 16.5 Å². The molecule has 1 aromatic rings. The van der Waals surface area contributed by atoms with Gasteiger partial charge in [-0.3, -0.25) is 4.79 Å². The summed E-state index contributed by atoms with van der Waals surface area (Å²) in [6, 6.07) is 4.53. The fourth-order valence-electron chi connectivity index (χ4n) is 2.31. The Morgan fingerprint density at radius 1 is 1.48 bits per heavy atom. The molecule has 1 unspecified atom stereocenters. The van der Waals surface area contributed by atoms with Gasteiger partial charge in [-0.15, -0.1) is 0 Å². The predicted molar refractivity (Wildman–Crippen MR) is 81.7 cm³/mol. The molecular formula is C13H17BrN2O4S. The molecule has 0 saturated carbocycles. The quantitative estimate of drug-likeness (QED) is 0.860. The summed E-state index contributed by atoms with van der Waals surface area (Å²) < 4.78 is 32.2. The molecular weight excluding hydrogens is 360 g/mol. The van der Waals surface area contributed by atoms with Crippen LogP contribution in [0.4, 0.5) is 0 Å². The molecule has 8 heteroatoms. The van der Waals surface area contributed by atoms with Crippen molar-refractivity contribution < 1.29 is 17.9 Å². The van der Waals surface area contributed by atoms with Crippen molar-refractivity contribution in [1.29, 1.82) is 0 Å². The number of halogens is 1. The summed E-state index contributed by atoms with van der Waals surface area (Å²) in [5.74, 6) is 0.429. The second-order valence-electron chi connectivity index (χ2n) is 4.85. The topological polar surface area (TPSA) is 75.7 Å². The van der Waals surface area contributed by atoms with E-state index in [4.69, 9.17) is 4.74 Å². The number of rotatable bonds is 4. The average Bonchev–Trinajstić information content (AvgIpc) is 2.87. The Hall–Kier alpha value is -1.12. The predicted octanol–water partition coefficient (Wildman–Crippen LogP) is 1.36. The van der Waals surface area contributed by atoms with Crippen molar-refractivity contribution in [2.75, 3.05) is 20.2 Å². The number of methoxy groups -OCH3 is 1. The van der Waals surface area contributed by atoms with Crippen LogP contribution in [0.3, 0.4) is 0 Å². The number of carbonyl (C=O) groups is 1. The molecule has 0 spiro atoms. The third kappa shape index (κ3) is 3.56. The van der Waals surface area contributed by atoms with Gasteiger partial charge in [-0.2, -0.15) is 4.31 Å². The smallest absolute Gasteiger partial charge is 0.243 e. The first-order valence-corrected chi connectivity index (χ1v) is 8.68. The number of benzene rings is 1. The minimum atomic E-state index is -3.56. The van der Waals surface area contributed by atoms with Crippen LogP contribution in [-0.2, 0) is 14.8 Å². The molecule has 0 aromatic heterocycles. The second kappa shape index (κ2) is 6.33. The number of amides is 1. The van der Waals surface area contributed by atoms with Gasteiger partial charge in [0.15, 0.2) is 0 Å². The average molecular weight is 377 g/mol. The Morgan fingerprint density at radius 3 is 2.76 bits per heavy atom. The molecule has 0 aliphatic carbocycles. The normalized spacial score (nSPS) is 19.5. The summed E-state index contributed by atoms with van der Waals surface area (Å²) in [7, 11) is -2.04. The second-order valence-corrected chi connectivity index (χ2v) is 7.64. The Balaban J connectivity index is 2.19. The highest BCUT2D eigenvalue weighted by Crippen LogP contribution is 2.29. The summed E-state index contributed by atoms with van der Waals surface area (Å²) in [6.07, 6.45) is 0.621. The first-order valence-electron chi connectivity index (χ1n) is 6.45. The van der Waals surface area contributed by atoms with Crippen LogP contribution in [0.5, 0.6) is 5.75 Å². The van der Waals surface area contributed by atoms with Crippen molar-refractivity contribution in [2.24, 2.45) is 0 Å². The molecule has 1 fully saturated rings. The summed E-state index contributed by atoms with van der Waals surface area (Å²) in [5, 5.41) is 2.75. The maximum absolute atomic E-state index is 12.6. The van der Waals surface area contributed by atoms with Gasteiger partial charge in [-0.1, -0.05) is 0 Å². The lowest BCUT2D eigenvalue weighted by molar-refractivity contribution is -0.119. The molecule has 1 N–H and O–H groups in total. The number of hydrogen-bond donors (Lipinski definition) is 1. The van der Waals surface area contributed by atoms with Crippen molar-refractivity contribution in [2.45, 2.75) is 24.3 Å². The molecule has 1 heterocycles. The third-order valence-electron chi connectivity index (χ3n) is 3.32. The minimum absolute atomic E-state index is 0.126. The monoisotopic (exact) mass is 376 g/mol. The van der Waals surface area contributed by atoms with Crippen LogP contribution in [0.25, 0.3) is 0 Å². The fourth-order valence-corrected chi connectivity index (χ4v) is 4.53. The van der Waals surface area contributed by atoms with E-state index in [1.54, 1.807) is 6.07 Å². The van der Waals surface area contributed by atoms with E-state index in [-0.39, 0.29) is 16.8 Å². The van der Waals surface area contributed by atoms with Gasteiger partial charge in [0.2, 0.25) is 15.9 Å². The van der Waals surface area contributed by atoms with Crippen molar-refractivity contribution in [3.63, 3.8) is 0 Å². The van der Waals surface area contributed by atoms with Gasteiger partial charge in [-0.05, 0) is 40.5 Å². The van der Waals surface area contributed by atoms with Crippen LogP contribution in [0.15, 0.2) is 27.6 Å². The summed E-state index contributed by atoms with van der Waals surface area (Å²) >= 11 is 3.29. The molecule has 1 saturated heterocycles. The third-order valence-corrected chi connectivity index (χ3v) is 5.80. The van der Waals surface area contributed by atoms with Gasteiger partial charge < -0.3 is 10.1 Å². The Morgan fingerprint density at radius 2 is 2.19 bits per heavy atom. The van der Waals surface area contributed by atoms with Crippen LogP contribution < -0.4 is 10.1 Å². The maximum atomic E-state index is 12.6. The van der Waals surface area contributed by atoms with Crippen LogP contribution in [-0.4, -0.2) is 44.9 Å². The lowest BCUT2D eigenvalue weighted by atomic mass is 10.3. The van der Waals surface area contributed by atoms with E-state index >= 15 is 0 Å². The van der Waals surface area contributed by atoms with Gasteiger partial charge in [0, 0.05) is 26.1 Å². The first-order chi connectivity index (χ1) is 9.84. The zero-order valence-corrected chi connectivity index (χ0v) is 14.2. The molecule has 1 aliphatic heterocycles. The number of ether oxygens (including phenoxy) is 1. The Labute approximate surface area is 132 Å². The van der Waals surface area contributed by atoms with Crippen LogP contribution >= 0.6 is 15.9 Å². The van der Waals surface area contributed by atoms with E-state index < -0.39 is 10.0 Å². The lowest BCUT2D eigenvalue weighted by Gasteiger charge is -2.17. The standard InChI is InChI=1S/C13H17BrN2O4S/c1-9(17)15-10-5-6-16(8-10)21(18,19)11-3-4-13(20-2)12(14)7-11/h3-4,7,10H,5-6,8H2,1-2H3,(H,15,17). The number of sulfonamides is 1. The van der Waals surface area contributed by atoms with Crippen molar-refractivity contribution >= 4 is 31.9 Å².